The van der Waals surface area contributed by atoms with Gasteiger partial charge < -0.3 is 15.4 Å². The summed E-state index contributed by atoms with van der Waals surface area (Å²) in [7, 11) is 0. The summed E-state index contributed by atoms with van der Waals surface area (Å²) in [5.41, 5.74) is 0. The van der Waals surface area contributed by atoms with Gasteiger partial charge in [-0.15, -0.1) is 0 Å². The highest BCUT2D eigenvalue weighted by Crippen LogP contribution is 2.08. The third-order valence-electron chi connectivity index (χ3n) is 2.06. The summed E-state index contributed by atoms with van der Waals surface area (Å²) in [6, 6.07) is 0. The molecule has 15 heavy (non-hydrogen) atoms. The topological polar surface area (TPSA) is 84.5 Å². The number of carbonyl (C=O) groups is 3. The van der Waals surface area contributed by atoms with E-state index in [0.29, 0.717) is 6.54 Å². The van der Waals surface area contributed by atoms with Crippen molar-refractivity contribution in [2.45, 2.75) is 13.3 Å². The van der Waals surface area contributed by atoms with E-state index in [0.717, 1.165) is 0 Å². The average molecular weight is 214 g/mol. The number of rotatable bonds is 4. The van der Waals surface area contributed by atoms with Gasteiger partial charge in [-0.2, -0.15) is 0 Å². The number of nitrogens with one attached hydrogen (secondary N) is 2. The maximum Gasteiger partial charge on any atom is 0.325 e. The van der Waals surface area contributed by atoms with Crippen LogP contribution in [0, 0.1) is 5.92 Å². The predicted octanol–water partition coefficient (Wildman–Crippen LogP) is -1.20. The van der Waals surface area contributed by atoms with Crippen LogP contribution in [-0.4, -0.2) is 37.5 Å². The number of hydrogen-bond acceptors (Lipinski definition) is 4. The molecular weight excluding hydrogens is 200 g/mol. The smallest absolute Gasteiger partial charge is 0.325 e. The molecule has 0 saturated carbocycles. The quantitative estimate of drug-likeness (QED) is 0.576. The zero-order valence-electron chi connectivity index (χ0n) is 8.54. The first-order valence-corrected chi connectivity index (χ1v) is 4.83. The molecule has 0 aromatic heterocycles. The Balaban J connectivity index is 2.24. The summed E-state index contributed by atoms with van der Waals surface area (Å²) >= 11 is 0. The Bertz CT molecular complexity index is 277. The molecular formula is C9H14N2O4. The highest BCUT2D eigenvalue weighted by atomic mass is 16.5. The highest BCUT2D eigenvalue weighted by molar-refractivity contribution is 5.90. The van der Waals surface area contributed by atoms with Crippen LogP contribution >= 0.6 is 0 Å². The summed E-state index contributed by atoms with van der Waals surface area (Å²) < 4.78 is 4.64. The molecule has 1 rings (SSSR count). The second-order valence-electron chi connectivity index (χ2n) is 3.23. The maximum atomic E-state index is 11.4. The third-order valence-corrected chi connectivity index (χ3v) is 2.06. The van der Waals surface area contributed by atoms with Crippen LogP contribution in [0.2, 0.25) is 0 Å². The van der Waals surface area contributed by atoms with Crippen LogP contribution in [0.25, 0.3) is 0 Å². The summed E-state index contributed by atoms with van der Waals surface area (Å²) in [5.74, 6) is -1.26. The lowest BCUT2D eigenvalue weighted by Gasteiger charge is -2.08. The molecule has 1 heterocycles. The monoisotopic (exact) mass is 214 g/mol. The number of ether oxygens (including phenoxy) is 1. The standard InChI is InChI=1S/C9H14N2O4/c1-2-15-8(13)5-11-9(14)6-3-7(12)10-4-6/h6H,2-5H2,1H3,(H,10,12)(H,11,14). The van der Waals surface area contributed by atoms with E-state index >= 15 is 0 Å². The Hall–Kier alpha value is -1.59. The summed E-state index contributed by atoms with van der Waals surface area (Å²) in [6.45, 7) is 2.18. The molecule has 1 aliphatic heterocycles. The molecule has 1 saturated heterocycles. The van der Waals surface area contributed by atoms with Crippen molar-refractivity contribution in [3.05, 3.63) is 0 Å². The summed E-state index contributed by atoms with van der Waals surface area (Å²) in [6.07, 6.45) is 0.189. The number of carbonyl (C=O) groups excluding carboxylic acids is 3. The SMILES string of the molecule is CCOC(=O)CNC(=O)C1CNC(=O)C1. The van der Waals surface area contributed by atoms with Crippen LogP contribution in [0.15, 0.2) is 0 Å². The van der Waals surface area contributed by atoms with Crippen LogP contribution in [0.1, 0.15) is 13.3 Å². The average Bonchev–Trinajstić information content (AvgIpc) is 2.62. The molecule has 1 aliphatic rings. The summed E-state index contributed by atoms with van der Waals surface area (Å²) in [5, 5.41) is 4.97. The van der Waals surface area contributed by atoms with E-state index in [-0.39, 0.29) is 37.3 Å². The molecule has 0 spiro atoms. The van der Waals surface area contributed by atoms with Gasteiger partial charge in [0.25, 0.3) is 0 Å². The van der Waals surface area contributed by atoms with Gasteiger partial charge in [0.15, 0.2) is 0 Å². The van der Waals surface area contributed by atoms with Crippen LogP contribution in [0.5, 0.6) is 0 Å². The summed E-state index contributed by atoms with van der Waals surface area (Å²) in [4.78, 5) is 33.1. The van der Waals surface area contributed by atoms with Crippen molar-refractivity contribution < 1.29 is 19.1 Å². The van der Waals surface area contributed by atoms with Gasteiger partial charge in [-0.25, -0.2) is 0 Å². The molecule has 6 heteroatoms. The molecule has 1 unspecified atom stereocenters. The van der Waals surface area contributed by atoms with Crippen molar-refractivity contribution in [1.82, 2.24) is 10.6 Å². The van der Waals surface area contributed by atoms with Gasteiger partial charge in [-0.05, 0) is 6.92 Å². The fourth-order valence-electron chi connectivity index (χ4n) is 1.31. The minimum absolute atomic E-state index is 0.133. The van der Waals surface area contributed by atoms with E-state index in [4.69, 9.17) is 0 Å². The zero-order valence-corrected chi connectivity index (χ0v) is 8.54. The van der Waals surface area contributed by atoms with Gasteiger partial charge in [0.05, 0.1) is 12.5 Å². The van der Waals surface area contributed by atoms with Crippen molar-refractivity contribution >= 4 is 17.8 Å². The molecule has 84 valence electrons. The van der Waals surface area contributed by atoms with Gasteiger partial charge in [-0.3, -0.25) is 14.4 Å². The van der Waals surface area contributed by atoms with Crippen molar-refractivity contribution in [2.75, 3.05) is 19.7 Å². The third kappa shape index (κ3) is 3.57. The van der Waals surface area contributed by atoms with Gasteiger partial charge in [0, 0.05) is 13.0 Å². The Morgan fingerprint density at radius 2 is 2.33 bits per heavy atom. The van der Waals surface area contributed by atoms with Crippen LogP contribution in [0.4, 0.5) is 0 Å². The molecule has 2 N–H and O–H groups in total. The van der Waals surface area contributed by atoms with E-state index in [1.807, 2.05) is 0 Å². The Kier molecular flexibility index (Phi) is 4.08. The molecule has 0 aromatic carbocycles. The predicted molar refractivity (Wildman–Crippen MR) is 50.8 cm³/mol. The van der Waals surface area contributed by atoms with Crippen molar-refractivity contribution in [3.8, 4) is 0 Å². The lowest BCUT2D eigenvalue weighted by atomic mass is 10.1. The van der Waals surface area contributed by atoms with Gasteiger partial charge >= 0.3 is 5.97 Å². The van der Waals surface area contributed by atoms with Crippen molar-refractivity contribution in [1.29, 1.82) is 0 Å². The fourth-order valence-corrected chi connectivity index (χ4v) is 1.31. The molecule has 0 bridgehead atoms. The van der Waals surface area contributed by atoms with Crippen molar-refractivity contribution in [2.24, 2.45) is 5.92 Å². The van der Waals surface area contributed by atoms with E-state index in [1.165, 1.54) is 0 Å². The van der Waals surface area contributed by atoms with Crippen LogP contribution < -0.4 is 10.6 Å². The largest absolute Gasteiger partial charge is 0.465 e. The van der Waals surface area contributed by atoms with Crippen molar-refractivity contribution in [3.63, 3.8) is 0 Å². The van der Waals surface area contributed by atoms with Gasteiger partial charge in [0.2, 0.25) is 11.8 Å². The zero-order chi connectivity index (χ0) is 11.3. The van der Waals surface area contributed by atoms with Crippen LogP contribution in [-0.2, 0) is 19.1 Å². The number of esters is 1. The van der Waals surface area contributed by atoms with Gasteiger partial charge in [-0.1, -0.05) is 0 Å². The number of hydrogen-bond donors (Lipinski definition) is 2. The lowest BCUT2D eigenvalue weighted by Crippen LogP contribution is -2.36. The van der Waals surface area contributed by atoms with E-state index in [1.54, 1.807) is 6.92 Å². The fraction of sp³-hybridized carbons (Fsp3) is 0.667. The lowest BCUT2D eigenvalue weighted by molar-refractivity contribution is -0.143. The second kappa shape index (κ2) is 5.33. The maximum absolute atomic E-state index is 11.4. The minimum atomic E-state index is -0.469. The second-order valence-corrected chi connectivity index (χ2v) is 3.23. The number of amides is 2. The first-order valence-electron chi connectivity index (χ1n) is 4.83. The Morgan fingerprint density at radius 3 is 2.87 bits per heavy atom. The van der Waals surface area contributed by atoms with E-state index in [9.17, 15) is 14.4 Å². The first kappa shape index (κ1) is 11.5. The van der Waals surface area contributed by atoms with Crippen LogP contribution in [0.3, 0.4) is 0 Å². The first-order chi connectivity index (χ1) is 7.13. The highest BCUT2D eigenvalue weighted by Gasteiger charge is 2.27. The molecule has 0 radical (unpaired) electrons. The van der Waals surface area contributed by atoms with E-state index in [2.05, 4.69) is 15.4 Å². The molecule has 1 atom stereocenters. The van der Waals surface area contributed by atoms with E-state index < -0.39 is 5.97 Å². The molecule has 6 nitrogen and oxygen atoms in total. The molecule has 2 amide bonds. The minimum Gasteiger partial charge on any atom is -0.465 e. The molecule has 1 fully saturated rings. The Labute approximate surface area is 87.4 Å². The van der Waals surface area contributed by atoms with Gasteiger partial charge in [0.1, 0.15) is 6.54 Å². The molecule has 0 aliphatic carbocycles. The normalized spacial score (nSPS) is 19.5. The Morgan fingerprint density at radius 1 is 1.60 bits per heavy atom. The molecule has 0 aromatic rings.